The first-order valence-electron chi connectivity index (χ1n) is 8.63. The molecule has 0 aliphatic carbocycles. The minimum Gasteiger partial charge on any atom is -0.380 e. The lowest BCUT2D eigenvalue weighted by molar-refractivity contribution is 0.208. The number of rotatable bonds is 4. The molecule has 1 unspecified atom stereocenters. The van der Waals surface area contributed by atoms with E-state index in [-0.39, 0.29) is 0 Å². The van der Waals surface area contributed by atoms with Crippen LogP contribution >= 0.6 is 11.3 Å². The van der Waals surface area contributed by atoms with Crippen LogP contribution in [0.3, 0.4) is 0 Å². The molecule has 0 spiro atoms. The van der Waals surface area contributed by atoms with Crippen LogP contribution < -0.4 is 0 Å². The highest BCUT2D eigenvalue weighted by molar-refractivity contribution is 7.17. The van der Waals surface area contributed by atoms with Crippen LogP contribution in [-0.4, -0.2) is 34.5 Å². The molecule has 5 aromatic rings. The number of nitrogens with zero attached hydrogens (tertiary/aromatic N) is 6. The maximum absolute atomic E-state index is 11.0. The number of aliphatic hydroxyl groups excluding tert-OH is 1. The van der Waals surface area contributed by atoms with E-state index in [9.17, 15) is 5.11 Å². The van der Waals surface area contributed by atoms with Crippen molar-refractivity contribution in [2.24, 2.45) is 0 Å². The maximum Gasteiger partial charge on any atom is 0.141 e. The molecule has 0 amide bonds. The van der Waals surface area contributed by atoms with Crippen molar-refractivity contribution in [1.82, 2.24) is 29.4 Å². The number of imidazole rings is 1. The summed E-state index contributed by atoms with van der Waals surface area (Å²) in [5.41, 5.74) is 2.12. The fraction of sp³-hybridized carbons (Fsp3) is 0.158. The third kappa shape index (κ3) is 2.53. The van der Waals surface area contributed by atoms with Crippen LogP contribution in [0, 0.1) is 0 Å². The summed E-state index contributed by atoms with van der Waals surface area (Å²) in [6.07, 6.45) is 8.82. The summed E-state index contributed by atoms with van der Waals surface area (Å²) in [7, 11) is 0. The zero-order chi connectivity index (χ0) is 18.4. The van der Waals surface area contributed by atoms with Crippen LogP contribution in [0.5, 0.6) is 0 Å². The number of aryl methyl sites for hydroxylation is 1. The second kappa shape index (κ2) is 6.26. The highest BCUT2D eigenvalue weighted by atomic mass is 32.1. The summed E-state index contributed by atoms with van der Waals surface area (Å²) in [6.45, 7) is 2.08. The summed E-state index contributed by atoms with van der Waals surface area (Å²) >= 11 is 1.63. The van der Waals surface area contributed by atoms with Crippen LogP contribution in [0.15, 0.2) is 55.4 Å². The van der Waals surface area contributed by atoms with Crippen LogP contribution in [0.25, 0.3) is 21.3 Å². The van der Waals surface area contributed by atoms with Gasteiger partial charge in [0, 0.05) is 21.8 Å². The fourth-order valence-corrected chi connectivity index (χ4v) is 4.40. The molecular formula is C19H16N6OS. The number of benzene rings is 1. The molecule has 7 nitrogen and oxygen atoms in total. The first-order valence-corrected chi connectivity index (χ1v) is 9.45. The Labute approximate surface area is 158 Å². The summed E-state index contributed by atoms with van der Waals surface area (Å²) in [6, 6.07) is 7.98. The third-order valence-electron chi connectivity index (χ3n) is 4.64. The molecule has 8 heteroatoms. The topological polar surface area (TPSA) is 81.1 Å². The van der Waals surface area contributed by atoms with Gasteiger partial charge in [0.25, 0.3) is 0 Å². The van der Waals surface area contributed by atoms with Gasteiger partial charge >= 0.3 is 0 Å². The van der Waals surface area contributed by atoms with Gasteiger partial charge < -0.3 is 5.11 Å². The fourth-order valence-electron chi connectivity index (χ4n) is 3.33. The summed E-state index contributed by atoms with van der Waals surface area (Å²) in [5.74, 6) is 0. The Kier molecular flexibility index (Phi) is 3.73. The van der Waals surface area contributed by atoms with Gasteiger partial charge in [-0.25, -0.2) is 9.67 Å². The van der Waals surface area contributed by atoms with E-state index in [1.54, 1.807) is 40.9 Å². The Balaban J connectivity index is 1.60. The minimum atomic E-state index is -0.875. The Hall–Kier alpha value is -3.10. The van der Waals surface area contributed by atoms with Crippen molar-refractivity contribution in [2.75, 3.05) is 0 Å². The molecule has 0 saturated heterocycles. The number of aliphatic hydroxyl groups is 1. The molecule has 1 atom stereocenters. The van der Waals surface area contributed by atoms with Gasteiger partial charge in [0.1, 0.15) is 23.0 Å². The molecule has 134 valence electrons. The highest BCUT2D eigenvalue weighted by Gasteiger charge is 2.23. The van der Waals surface area contributed by atoms with Crippen LogP contribution in [0.2, 0.25) is 0 Å². The molecular weight excluding hydrogens is 360 g/mol. The summed E-state index contributed by atoms with van der Waals surface area (Å²) in [5, 5.41) is 21.5. The minimum absolute atomic E-state index is 0.492. The second-order valence-electron chi connectivity index (χ2n) is 6.24. The van der Waals surface area contributed by atoms with E-state index >= 15 is 0 Å². The zero-order valence-corrected chi connectivity index (χ0v) is 15.3. The number of aromatic nitrogens is 6. The van der Waals surface area contributed by atoms with E-state index in [1.807, 2.05) is 34.9 Å². The normalized spacial score (nSPS) is 12.8. The van der Waals surface area contributed by atoms with E-state index < -0.39 is 6.10 Å². The predicted molar refractivity (Wildman–Crippen MR) is 103 cm³/mol. The van der Waals surface area contributed by atoms with Gasteiger partial charge in [-0.3, -0.25) is 9.38 Å². The number of hydrogen-bond acceptors (Lipinski definition) is 6. The zero-order valence-electron chi connectivity index (χ0n) is 14.5. The monoisotopic (exact) mass is 376 g/mol. The molecule has 0 aliphatic heterocycles. The molecule has 4 aromatic heterocycles. The summed E-state index contributed by atoms with van der Waals surface area (Å²) in [4.78, 5) is 10.6. The highest BCUT2D eigenvalue weighted by Crippen LogP contribution is 2.31. The van der Waals surface area contributed by atoms with Gasteiger partial charge in [-0.1, -0.05) is 36.4 Å². The molecule has 1 N–H and O–H groups in total. The van der Waals surface area contributed by atoms with Crippen LogP contribution in [0.1, 0.15) is 29.3 Å². The maximum atomic E-state index is 11.0. The lowest BCUT2D eigenvalue weighted by atomic mass is 10.1. The number of pyridine rings is 1. The van der Waals surface area contributed by atoms with Crippen molar-refractivity contribution in [3.63, 3.8) is 0 Å². The Morgan fingerprint density at radius 3 is 2.93 bits per heavy atom. The van der Waals surface area contributed by atoms with Crippen molar-refractivity contribution in [1.29, 1.82) is 0 Å². The van der Waals surface area contributed by atoms with Crippen molar-refractivity contribution in [3.05, 3.63) is 71.6 Å². The largest absolute Gasteiger partial charge is 0.380 e. The SMILES string of the molecule is CCc1sc2cncn2c1C(O)c1cn(-c2cncc3ccccc23)nn1. The van der Waals surface area contributed by atoms with Crippen molar-refractivity contribution >= 4 is 26.9 Å². The number of thiazole rings is 1. The number of hydrogen-bond donors (Lipinski definition) is 1. The number of fused-ring (bicyclic) bond motifs is 2. The van der Waals surface area contributed by atoms with Gasteiger partial charge in [-0.15, -0.1) is 16.4 Å². The van der Waals surface area contributed by atoms with Gasteiger partial charge in [0.05, 0.1) is 30.0 Å². The Morgan fingerprint density at radius 1 is 1.15 bits per heavy atom. The molecule has 1 aromatic carbocycles. The molecule has 4 heterocycles. The first-order chi connectivity index (χ1) is 13.3. The molecule has 0 radical (unpaired) electrons. The van der Waals surface area contributed by atoms with E-state index in [0.717, 1.165) is 38.3 Å². The van der Waals surface area contributed by atoms with Gasteiger partial charge in [-0.05, 0) is 6.42 Å². The predicted octanol–water partition coefficient (Wildman–Crippen LogP) is 3.17. The van der Waals surface area contributed by atoms with Crippen molar-refractivity contribution in [3.8, 4) is 5.69 Å². The lowest BCUT2D eigenvalue weighted by Gasteiger charge is -2.09. The van der Waals surface area contributed by atoms with Crippen LogP contribution in [-0.2, 0) is 6.42 Å². The Bertz CT molecular complexity index is 1250. The van der Waals surface area contributed by atoms with Gasteiger partial charge in [0.2, 0.25) is 0 Å². The van der Waals surface area contributed by atoms with Gasteiger partial charge in [0.15, 0.2) is 0 Å². The lowest BCUT2D eigenvalue weighted by Crippen LogP contribution is -2.06. The molecule has 0 fully saturated rings. The van der Waals surface area contributed by atoms with E-state index in [0.29, 0.717) is 5.69 Å². The summed E-state index contributed by atoms with van der Waals surface area (Å²) < 4.78 is 3.59. The van der Waals surface area contributed by atoms with Crippen molar-refractivity contribution < 1.29 is 5.11 Å². The van der Waals surface area contributed by atoms with Crippen LogP contribution in [0.4, 0.5) is 0 Å². The van der Waals surface area contributed by atoms with Gasteiger partial charge in [-0.2, -0.15) is 0 Å². The molecule has 0 bridgehead atoms. The molecule has 0 saturated carbocycles. The second-order valence-corrected chi connectivity index (χ2v) is 7.35. The molecule has 0 aliphatic rings. The molecule has 5 rings (SSSR count). The smallest absolute Gasteiger partial charge is 0.141 e. The third-order valence-corrected chi connectivity index (χ3v) is 5.90. The standard InChI is InChI=1S/C19H16N6OS/c1-2-16-18(24-11-21-9-17(24)27-16)19(26)14-10-25(23-22-14)15-8-20-7-12-5-3-4-6-13(12)15/h3-11,19,26H,2H2,1H3. The average molecular weight is 376 g/mol. The van der Waals surface area contributed by atoms with E-state index in [4.69, 9.17) is 0 Å². The first kappa shape index (κ1) is 16.1. The average Bonchev–Trinajstić information content (AvgIpc) is 3.42. The van der Waals surface area contributed by atoms with Crippen molar-refractivity contribution in [2.45, 2.75) is 19.4 Å². The Morgan fingerprint density at radius 2 is 2.04 bits per heavy atom. The molecule has 27 heavy (non-hydrogen) atoms. The van der Waals surface area contributed by atoms with E-state index in [2.05, 4.69) is 27.2 Å². The van der Waals surface area contributed by atoms with E-state index in [1.165, 1.54) is 0 Å². The quantitative estimate of drug-likeness (QED) is 0.521.